The van der Waals surface area contributed by atoms with Gasteiger partial charge in [0.1, 0.15) is 0 Å². The van der Waals surface area contributed by atoms with E-state index in [1.54, 1.807) is 11.3 Å². The van der Waals surface area contributed by atoms with E-state index < -0.39 is 0 Å². The zero-order valence-electron chi connectivity index (χ0n) is 8.08. The first-order valence-electron chi connectivity index (χ1n) is 4.63. The van der Waals surface area contributed by atoms with Gasteiger partial charge in [-0.05, 0) is 40.1 Å². The van der Waals surface area contributed by atoms with Crippen LogP contribution in [-0.4, -0.2) is 0 Å². The molecule has 0 saturated heterocycles. The second-order valence-corrected chi connectivity index (χ2v) is 5.28. The fraction of sp³-hybridized carbons (Fsp3) is 0.600. The molecule has 72 valence electrons. The molecule has 2 nitrogen and oxygen atoms in total. The highest BCUT2D eigenvalue weighted by Gasteiger charge is 2.50. The molecule has 0 bridgehead atoms. The molecule has 2 unspecified atom stereocenters. The monoisotopic (exact) mass is 196 g/mol. The van der Waals surface area contributed by atoms with E-state index in [2.05, 4.69) is 36.1 Å². The van der Waals surface area contributed by atoms with Gasteiger partial charge < -0.3 is 0 Å². The first kappa shape index (κ1) is 9.19. The molecular weight excluding hydrogens is 180 g/mol. The zero-order valence-corrected chi connectivity index (χ0v) is 8.90. The zero-order chi connectivity index (χ0) is 9.47. The van der Waals surface area contributed by atoms with Crippen molar-refractivity contribution in [1.29, 1.82) is 0 Å². The third-order valence-electron chi connectivity index (χ3n) is 3.07. The Hall–Kier alpha value is -0.380. The van der Waals surface area contributed by atoms with Gasteiger partial charge in [-0.1, -0.05) is 13.8 Å². The summed E-state index contributed by atoms with van der Waals surface area (Å²) in [6.45, 7) is 4.60. The van der Waals surface area contributed by atoms with Crippen molar-refractivity contribution in [3.63, 3.8) is 0 Å². The number of nitrogens with two attached hydrogens (primary N) is 1. The number of thiophene rings is 1. The molecule has 1 heterocycles. The maximum Gasteiger partial charge on any atom is 0.0501 e. The van der Waals surface area contributed by atoms with Crippen LogP contribution >= 0.6 is 11.3 Å². The number of hydrazine groups is 1. The van der Waals surface area contributed by atoms with Gasteiger partial charge in [0.05, 0.1) is 6.04 Å². The molecule has 1 aromatic heterocycles. The lowest BCUT2D eigenvalue weighted by atomic mass is 10.00. The SMILES string of the molecule is CC1(C)CC1C(NN)c1ccsc1. The molecule has 1 aliphatic rings. The van der Waals surface area contributed by atoms with Crippen LogP contribution in [0.5, 0.6) is 0 Å². The van der Waals surface area contributed by atoms with Crippen molar-refractivity contribution in [3.8, 4) is 0 Å². The maximum absolute atomic E-state index is 5.58. The first-order valence-corrected chi connectivity index (χ1v) is 5.57. The summed E-state index contributed by atoms with van der Waals surface area (Å²) in [5, 5.41) is 4.29. The van der Waals surface area contributed by atoms with E-state index in [0.29, 0.717) is 17.4 Å². The lowest BCUT2D eigenvalue weighted by Gasteiger charge is -2.16. The molecule has 0 aromatic carbocycles. The highest BCUT2D eigenvalue weighted by molar-refractivity contribution is 7.07. The summed E-state index contributed by atoms with van der Waals surface area (Å²) < 4.78 is 0. The molecule has 1 aromatic rings. The summed E-state index contributed by atoms with van der Waals surface area (Å²) in [5.41, 5.74) is 4.74. The van der Waals surface area contributed by atoms with Gasteiger partial charge in [0, 0.05) is 0 Å². The Morgan fingerprint density at radius 3 is 2.77 bits per heavy atom. The smallest absolute Gasteiger partial charge is 0.0501 e. The Balaban J connectivity index is 2.12. The lowest BCUT2D eigenvalue weighted by molar-refractivity contribution is 0.424. The number of hydrogen-bond donors (Lipinski definition) is 2. The van der Waals surface area contributed by atoms with Crippen molar-refractivity contribution in [2.75, 3.05) is 0 Å². The van der Waals surface area contributed by atoms with Crippen molar-refractivity contribution >= 4 is 11.3 Å². The molecule has 2 atom stereocenters. The van der Waals surface area contributed by atoms with Crippen molar-refractivity contribution < 1.29 is 0 Å². The van der Waals surface area contributed by atoms with Gasteiger partial charge in [0.15, 0.2) is 0 Å². The summed E-state index contributed by atoms with van der Waals surface area (Å²) in [6.07, 6.45) is 1.28. The van der Waals surface area contributed by atoms with Crippen LogP contribution in [0.15, 0.2) is 16.8 Å². The third kappa shape index (κ3) is 1.64. The van der Waals surface area contributed by atoms with Gasteiger partial charge >= 0.3 is 0 Å². The van der Waals surface area contributed by atoms with E-state index >= 15 is 0 Å². The minimum Gasteiger partial charge on any atom is -0.271 e. The molecule has 0 amide bonds. The molecule has 0 aliphatic heterocycles. The van der Waals surface area contributed by atoms with Gasteiger partial charge in [-0.15, -0.1) is 0 Å². The van der Waals surface area contributed by atoms with Crippen LogP contribution < -0.4 is 11.3 Å². The van der Waals surface area contributed by atoms with Crippen LogP contribution in [0.1, 0.15) is 31.9 Å². The average molecular weight is 196 g/mol. The predicted molar refractivity (Wildman–Crippen MR) is 56.3 cm³/mol. The Labute approximate surface area is 83.1 Å². The van der Waals surface area contributed by atoms with Gasteiger partial charge in [-0.25, -0.2) is 0 Å². The van der Waals surface area contributed by atoms with Crippen molar-refractivity contribution in [2.45, 2.75) is 26.3 Å². The van der Waals surface area contributed by atoms with Gasteiger partial charge in [0.2, 0.25) is 0 Å². The number of nitrogens with one attached hydrogen (secondary N) is 1. The summed E-state index contributed by atoms with van der Waals surface area (Å²) >= 11 is 1.73. The Morgan fingerprint density at radius 1 is 1.69 bits per heavy atom. The summed E-state index contributed by atoms with van der Waals surface area (Å²) in [5.74, 6) is 6.28. The van der Waals surface area contributed by atoms with E-state index in [0.717, 1.165) is 0 Å². The number of rotatable bonds is 3. The van der Waals surface area contributed by atoms with Gasteiger partial charge in [-0.2, -0.15) is 11.3 Å². The Kier molecular flexibility index (Phi) is 2.18. The van der Waals surface area contributed by atoms with Crippen LogP contribution in [0.3, 0.4) is 0 Å². The Bertz CT molecular complexity index is 279. The fourth-order valence-electron chi connectivity index (χ4n) is 1.97. The molecule has 1 saturated carbocycles. The lowest BCUT2D eigenvalue weighted by Crippen LogP contribution is -2.30. The summed E-state index contributed by atoms with van der Waals surface area (Å²) in [4.78, 5) is 0. The molecule has 3 heteroatoms. The molecule has 2 rings (SSSR count). The van der Waals surface area contributed by atoms with E-state index in [1.165, 1.54) is 12.0 Å². The fourth-order valence-corrected chi connectivity index (χ4v) is 2.67. The van der Waals surface area contributed by atoms with E-state index in [1.807, 2.05) is 0 Å². The van der Waals surface area contributed by atoms with Crippen LogP contribution in [0.25, 0.3) is 0 Å². The quantitative estimate of drug-likeness (QED) is 0.575. The topological polar surface area (TPSA) is 38.0 Å². The van der Waals surface area contributed by atoms with Crippen LogP contribution in [-0.2, 0) is 0 Å². The number of hydrogen-bond acceptors (Lipinski definition) is 3. The highest BCUT2D eigenvalue weighted by Crippen LogP contribution is 2.57. The summed E-state index contributed by atoms with van der Waals surface area (Å²) in [7, 11) is 0. The van der Waals surface area contributed by atoms with Crippen molar-refractivity contribution in [2.24, 2.45) is 17.2 Å². The second kappa shape index (κ2) is 3.08. The molecule has 1 fully saturated rings. The van der Waals surface area contributed by atoms with Gasteiger partial charge in [-0.3, -0.25) is 11.3 Å². The molecule has 0 radical (unpaired) electrons. The summed E-state index contributed by atoms with van der Waals surface area (Å²) in [6, 6.07) is 2.50. The van der Waals surface area contributed by atoms with E-state index in [4.69, 9.17) is 5.84 Å². The minimum atomic E-state index is 0.348. The maximum atomic E-state index is 5.58. The molecule has 3 N–H and O–H groups in total. The van der Waals surface area contributed by atoms with Gasteiger partial charge in [0.25, 0.3) is 0 Å². The molecular formula is C10H16N2S. The standard InChI is InChI=1S/C10H16N2S/c1-10(2)5-8(10)9(12-11)7-3-4-13-6-7/h3-4,6,8-9,12H,5,11H2,1-2H3. The normalized spacial score (nSPS) is 27.2. The second-order valence-electron chi connectivity index (χ2n) is 4.50. The largest absolute Gasteiger partial charge is 0.271 e. The highest BCUT2D eigenvalue weighted by atomic mass is 32.1. The van der Waals surface area contributed by atoms with Crippen molar-refractivity contribution in [1.82, 2.24) is 5.43 Å². The van der Waals surface area contributed by atoms with E-state index in [-0.39, 0.29) is 0 Å². The van der Waals surface area contributed by atoms with Crippen LogP contribution in [0, 0.1) is 11.3 Å². The first-order chi connectivity index (χ1) is 6.15. The predicted octanol–water partition coefficient (Wildman–Crippen LogP) is 2.30. The molecule has 1 aliphatic carbocycles. The van der Waals surface area contributed by atoms with Crippen molar-refractivity contribution in [3.05, 3.63) is 22.4 Å². The molecule has 13 heavy (non-hydrogen) atoms. The average Bonchev–Trinajstić information content (AvgIpc) is 2.55. The third-order valence-corrected chi connectivity index (χ3v) is 3.78. The minimum absolute atomic E-state index is 0.348. The van der Waals surface area contributed by atoms with E-state index in [9.17, 15) is 0 Å². The van der Waals surface area contributed by atoms with Crippen LogP contribution in [0.2, 0.25) is 0 Å². The molecule has 0 spiro atoms. The van der Waals surface area contributed by atoms with Crippen LogP contribution in [0.4, 0.5) is 0 Å². The Morgan fingerprint density at radius 2 is 2.38 bits per heavy atom.